The van der Waals surface area contributed by atoms with Gasteiger partial charge in [0.1, 0.15) is 6.10 Å². The van der Waals surface area contributed by atoms with E-state index in [2.05, 4.69) is 39.8 Å². The number of unbranched alkanes of at least 4 members (excludes halogenated alkanes) is 24. The number of hydrogen-bond acceptors (Lipinski definition) is 7. The molecular formula is C49H99IN2O5S. The van der Waals surface area contributed by atoms with Crippen LogP contribution in [0.5, 0.6) is 0 Å². The summed E-state index contributed by atoms with van der Waals surface area (Å²) >= 11 is 0.989. The van der Waals surface area contributed by atoms with Crippen molar-refractivity contribution in [3.8, 4) is 0 Å². The van der Waals surface area contributed by atoms with E-state index in [1.165, 1.54) is 152 Å². The number of hydrogen-bond donors (Lipinski definition) is 1. The maximum atomic E-state index is 12.9. The number of alkyl halides is 1. The van der Waals surface area contributed by atoms with E-state index < -0.39 is 0 Å². The Kier molecular flexibility index (Phi) is 44.9. The maximum absolute atomic E-state index is 12.9. The third-order valence-electron chi connectivity index (χ3n) is 11.5. The van der Waals surface area contributed by atoms with Crippen LogP contribution in [-0.4, -0.2) is 87.3 Å². The fourth-order valence-corrected chi connectivity index (χ4v) is 10.8. The monoisotopic (exact) mass is 955 g/mol. The topological polar surface area (TPSA) is 76.1 Å². The van der Waals surface area contributed by atoms with Gasteiger partial charge < -0.3 is 0 Å². The minimum atomic E-state index is -0.0183. The van der Waals surface area contributed by atoms with Crippen LogP contribution in [0.3, 0.4) is 0 Å². The molecule has 0 amide bonds. The first-order chi connectivity index (χ1) is 28.3. The Morgan fingerprint density at radius 1 is 0.552 bits per heavy atom. The number of rotatable bonds is 47. The number of nitrogens with zero attached hydrogens (tertiary/aromatic N) is 2. The molecule has 0 aliphatic carbocycles. The number of carbonyl (C=O) groups excluding carboxylic acids is 2. The standard InChI is InChI=1S/C49H99IN2O5S/c1-6-9-12-15-18-19-20-26-34-45-56-48(53)38-31-27-33-42-51(43-40-50-52(4,5)44-35-46-58-55)41-32-25-21-24-30-39-49(54)57-47(36-28-22-16-13-10-7-2)37-29-23-17-14-11-8-3/h47,55H,6-46H2,1-5H3. The van der Waals surface area contributed by atoms with Gasteiger partial charge in [-0.1, -0.05) is 136 Å². The van der Waals surface area contributed by atoms with Crippen molar-refractivity contribution in [1.29, 1.82) is 0 Å². The SMILES string of the molecule is CCCCCCCCCCCOC(=O)CCCCCN(CCCCCCCC(=O)OC(CCCCCCCC)CCCCCCCC)CC[I-][N+](C)(C)CCCSO. The van der Waals surface area contributed by atoms with Crippen molar-refractivity contribution in [1.82, 2.24) is 4.90 Å². The second-order valence-electron chi connectivity index (χ2n) is 17.7. The van der Waals surface area contributed by atoms with Crippen LogP contribution in [0.15, 0.2) is 0 Å². The van der Waals surface area contributed by atoms with E-state index in [-0.39, 0.29) is 39.5 Å². The summed E-state index contributed by atoms with van der Waals surface area (Å²) in [6.07, 6.45) is 40.1. The molecule has 9 heteroatoms. The van der Waals surface area contributed by atoms with Gasteiger partial charge in [0.2, 0.25) is 0 Å². The van der Waals surface area contributed by atoms with Crippen molar-refractivity contribution in [2.24, 2.45) is 0 Å². The summed E-state index contributed by atoms with van der Waals surface area (Å²) in [4.78, 5) is 27.9. The van der Waals surface area contributed by atoms with Gasteiger partial charge in [-0.25, -0.2) is 0 Å². The predicted octanol–water partition coefficient (Wildman–Crippen LogP) is 11.4. The van der Waals surface area contributed by atoms with E-state index >= 15 is 0 Å². The van der Waals surface area contributed by atoms with E-state index in [0.29, 0.717) is 19.4 Å². The molecule has 0 aliphatic heterocycles. The van der Waals surface area contributed by atoms with Crippen LogP contribution in [0.25, 0.3) is 0 Å². The summed E-state index contributed by atoms with van der Waals surface area (Å²) in [6.45, 7) is 11.9. The van der Waals surface area contributed by atoms with Crippen LogP contribution < -0.4 is 21.5 Å². The summed E-state index contributed by atoms with van der Waals surface area (Å²) in [6, 6.07) is 0. The average molecular weight is 955 g/mol. The Bertz CT molecular complexity index is 866. The molecule has 0 rings (SSSR count). The molecule has 0 radical (unpaired) electrons. The van der Waals surface area contributed by atoms with Crippen molar-refractivity contribution >= 4 is 24.0 Å². The molecule has 0 bridgehead atoms. The Labute approximate surface area is 376 Å². The third-order valence-corrected chi connectivity index (χ3v) is 15.3. The van der Waals surface area contributed by atoms with Gasteiger partial charge in [-0.2, -0.15) is 0 Å². The van der Waals surface area contributed by atoms with E-state index in [4.69, 9.17) is 14.0 Å². The molecule has 0 saturated carbocycles. The second kappa shape index (κ2) is 44.9. The Morgan fingerprint density at radius 2 is 0.983 bits per heavy atom. The quantitative estimate of drug-likeness (QED) is 0.0163. The van der Waals surface area contributed by atoms with Crippen LogP contribution in [0.1, 0.15) is 239 Å². The zero-order valence-electron chi connectivity index (χ0n) is 39.3. The molecule has 0 aliphatic rings. The molecule has 58 heavy (non-hydrogen) atoms. The van der Waals surface area contributed by atoms with E-state index in [0.717, 1.165) is 104 Å². The third kappa shape index (κ3) is 42.6. The van der Waals surface area contributed by atoms with E-state index in [1.54, 1.807) is 0 Å². The first kappa shape index (κ1) is 57.9. The molecule has 0 saturated heterocycles. The molecule has 0 heterocycles. The summed E-state index contributed by atoms with van der Waals surface area (Å²) in [5.74, 6) is 0.833. The van der Waals surface area contributed by atoms with Crippen LogP contribution in [0.4, 0.5) is 0 Å². The van der Waals surface area contributed by atoms with Crippen LogP contribution in [-0.2, 0) is 19.1 Å². The van der Waals surface area contributed by atoms with Gasteiger partial charge in [-0.15, -0.1) is 0 Å². The number of halogens is 1. The summed E-state index contributed by atoms with van der Waals surface area (Å²) in [5.41, 5.74) is 0. The van der Waals surface area contributed by atoms with Gasteiger partial charge in [0.15, 0.2) is 0 Å². The van der Waals surface area contributed by atoms with E-state index in [1.807, 2.05) is 0 Å². The van der Waals surface area contributed by atoms with Crippen molar-refractivity contribution in [3.63, 3.8) is 0 Å². The molecule has 0 fully saturated rings. The fourth-order valence-electron chi connectivity index (χ4n) is 7.69. The average Bonchev–Trinajstić information content (AvgIpc) is 3.20. The van der Waals surface area contributed by atoms with Gasteiger partial charge in [-0.05, 0) is 25.7 Å². The predicted molar refractivity (Wildman–Crippen MR) is 248 cm³/mol. The molecule has 7 nitrogen and oxygen atoms in total. The van der Waals surface area contributed by atoms with Crippen molar-refractivity contribution < 1.29 is 47.8 Å². The Morgan fingerprint density at radius 3 is 1.50 bits per heavy atom. The number of ether oxygens (including phenoxy) is 2. The Balaban J connectivity index is 4.49. The summed E-state index contributed by atoms with van der Waals surface area (Å²) in [7, 11) is 4.71. The molecule has 0 aromatic carbocycles. The van der Waals surface area contributed by atoms with Crippen LogP contribution in [0, 0.1) is 0 Å². The molecule has 348 valence electrons. The molecule has 1 N–H and O–H groups in total. The summed E-state index contributed by atoms with van der Waals surface area (Å²) < 4.78 is 23.2. The zero-order chi connectivity index (χ0) is 42.6. The van der Waals surface area contributed by atoms with Gasteiger partial charge in [0, 0.05) is 0 Å². The molecule has 0 aromatic heterocycles. The second-order valence-corrected chi connectivity index (χ2v) is 22.7. The van der Waals surface area contributed by atoms with Crippen molar-refractivity contribution in [2.75, 3.05) is 57.1 Å². The molecule has 0 unspecified atom stereocenters. The van der Waals surface area contributed by atoms with Gasteiger partial charge >= 0.3 is 211 Å². The zero-order valence-corrected chi connectivity index (χ0v) is 42.3. The van der Waals surface area contributed by atoms with Crippen LogP contribution in [0.2, 0.25) is 0 Å². The summed E-state index contributed by atoms with van der Waals surface area (Å²) in [5, 5.41) is 0. The molecule has 0 atom stereocenters. The number of quaternary nitrogens is 1. The number of esters is 2. The van der Waals surface area contributed by atoms with Gasteiger partial charge in [0.25, 0.3) is 0 Å². The first-order valence-electron chi connectivity index (χ1n) is 25.1. The minimum absolute atomic E-state index is 0.0183. The number of carbonyl (C=O) groups is 2. The van der Waals surface area contributed by atoms with Crippen molar-refractivity contribution in [2.45, 2.75) is 245 Å². The Hall–Kier alpha value is -0.100. The normalized spacial score (nSPS) is 12.0. The van der Waals surface area contributed by atoms with Gasteiger partial charge in [0.05, 0.1) is 0 Å². The first-order valence-corrected chi connectivity index (χ1v) is 28.5. The van der Waals surface area contributed by atoms with Crippen molar-refractivity contribution in [3.05, 3.63) is 0 Å². The van der Waals surface area contributed by atoms with Gasteiger partial charge in [-0.3, -0.25) is 0 Å². The molecular weight excluding hydrogens is 856 g/mol. The van der Waals surface area contributed by atoms with E-state index in [9.17, 15) is 9.59 Å². The van der Waals surface area contributed by atoms with Crippen LogP contribution >= 0.6 is 12.0 Å². The fraction of sp³-hybridized carbons (Fsp3) is 0.959. The molecule has 0 spiro atoms. The molecule has 0 aromatic rings.